The molecule has 0 aliphatic carbocycles. The number of carbonyl (C=O) groups excluding carboxylic acids is 1. The number of para-hydroxylation sites is 2. The molecular formula is C26H27N3O. The van der Waals surface area contributed by atoms with E-state index in [0.717, 1.165) is 29.8 Å². The predicted octanol–water partition coefficient (Wildman–Crippen LogP) is 5.20. The fourth-order valence-corrected chi connectivity index (χ4v) is 3.86. The predicted molar refractivity (Wildman–Crippen MR) is 121 cm³/mol. The average molecular weight is 398 g/mol. The smallest absolute Gasteiger partial charge is 0.220 e. The zero-order valence-electron chi connectivity index (χ0n) is 17.5. The second-order valence-corrected chi connectivity index (χ2v) is 7.81. The van der Waals surface area contributed by atoms with Gasteiger partial charge in [-0.3, -0.25) is 4.79 Å². The molecule has 3 aromatic carbocycles. The Morgan fingerprint density at radius 1 is 0.967 bits per heavy atom. The molecule has 4 aromatic rings. The first-order valence-electron chi connectivity index (χ1n) is 10.4. The molecule has 0 bridgehead atoms. The summed E-state index contributed by atoms with van der Waals surface area (Å²) >= 11 is 0. The highest BCUT2D eigenvalue weighted by Gasteiger charge is 2.18. The zero-order chi connectivity index (χ0) is 20.9. The van der Waals surface area contributed by atoms with Crippen molar-refractivity contribution in [2.45, 2.75) is 39.3 Å². The van der Waals surface area contributed by atoms with E-state index in [2.05, 4.69) is 59.3 Å². The van der Waals surface area contributed by atoms with Crippen molar-refractivity contribution in [1.82, 2.24) is 14.9 Å². The Bertz CT molecular complexity index is 1150. The number of nitrogens with zero attached hydrogens (tertiary/aromatic N) is 2. The summed E-state index contributed by atoms with van der Waals surface area (Å²) in [4.78, 5) is 17.4. The molecule has 0 fully saturated rings. The van der Waals surface area contributed by atoms with E-state index >= 15 is 0 Å². The highest BCUT2D eigenvalue weighted by Crippen LogP contribution is 2.23. The fourth-order valence-electron chi connectivity index (χ4n) is 3.86. The van der Waals surface area contributed by atoms with Gasteiger partial charge in [0.05, 0.1) is 17.1 Å². The summed E-state index contributed by atoms with van der Waals surface area (Å²) in [5.74, 6) is 0.922. The van der Waals surface area contributed by atoms with Gasteiger partial charge < -0.3 is 9.88 Å². The van der Waals surface area contributed by atoms with Crippen LogP contribution < -0.4 is 5.32 Å². The van der Waals surface area contributed by atoms with Gasteiger partial charge in [0.15, 0.2) is 0 Å². The van der Waals surface area contributed by atoms with Crippen molar-refractivity contribution in [2.24, 2.45) is 0 Å². The molecule has 1 unspecified atom stereocenters. The van der Waals surface area contributed by atoms with Gasteiger partial charge in [0, 0.05) is 13.0 Å². The summed E-state index contributed by atoms with van der Waals surface area (Å²) in [6.07, 6.45) is 1.20. The van der Waals surface area contributed by atoms with E-state index in [1.54, 1.807) is 0 Å². The van der Waals surface area contributed by atoms with E-state index in [0.29, 0.717) is 6.42 Å². The van der Waals surface area contributed by atoms with Gasteiger partial charge in [0.25, 0.3) is 0 Å². The maximum Gasteiger partial charge on any atom is 0.220 e. The molecule has 0 radical (unpaired) electrons. The Labute approximate surface area is 177 Å². The van der Waals surface area contributed by atoms with E-state index in [1.807, 2.05) is 43.3 Å². The molecule has 1 amide bonds. The third kappa shape index (κ3) is 4.60. The number of imidazole rings is 1. The lowest BCUT2D eigenvalue weighted by Gasteiger charge is -2.17. The van der Waals surface area contributed by atoms with Crippen LogP contribution in [0.15, 0.2) is 78.9 Å². The minimum absolute atomic E-state index is 0.0421. The topological polar surface area (TPSA) is 46.9 Å². The second-order valence-electron chi connectivity index (χ2n) is 7.81. The molecule has 30 heavy (non-hydrogen) atoms. The number of aryl methyl sites for hydroxylation is 2. The Balaban J connectivity index is 1.54. The van der Waals surface area contributed by atoms with Crippen molar-refractivity contribution in [3.63, 3.8) is 0 Å². The number of aromatic nitrogens is 2. The Morgan fingerprint density at radius 2 is 1.70 bits per heavy atom. The van der Waals surface area contributed by atoms with Crippen LogP contribution in [0.2, 0.25) is 0 Å². The van der Waals surface area contributed by atoms with Crippen molar-refractivity contribution < 1.29 is 4.79 Å². The summed E-state index contributed by atoms with van der Waals surface area (Å²) in [6, 6.07) is 26.6. The standard InChI is InChI=1S/C26H27N3O/c1-19-9-8-12-22(17-19)18-29-24-14-7-6-13-23(24)28-26(29)20(2)27-25(30)16-15-21-10-4-3-5-11-21/h3-14,17,20H,15-16,18H2,1-2H3,(H,27,30). The number of carbonyl (C=O) groups is 1. The van der Waals surface area contributed by atoms with Crippen LogP contribution in [0.3, 0.4) is 0 Å². The van der Waals surface area contributed by atoms with Gasteiger partial charge in [0.2, 0.25) is 5.91 Å². The van der Waals surface area contributed by atoms with Gasteiger partial charge in [-0.05, 0) is 43.5 Å². The molecular weight excluding hydrogens is 370 g/mol. The summed E-state index contributed by atoms with van der Waals surface area (Å²) in [7, 11) is 0. The van der Waals surface area contributed by atoms with Crippen LogP contribution in [-0.2, 0) is 17.8 Å². The number of hydrogen-bond acceptors (Lipinski definition) is 2. The lowest BCUT2D eigenvalue weighted by molar-refractivity contribution is -0.121. The van der Waals surface area contributed by atoms with Crippen LogP contribution in [0.1, 0.15) is 41.9 Å². The molecule has 0 saturated carbocycles. The van der Waals surface area contributed by atoms with Crippen molar-refractivity contribution in [2.75, 3.05) is 0 Å². The molecule has 0 aliphatic rings. The Hall–Kier alpha value is -3.40. The monoisotopic (exact) mass is 397 g/mol. The summed E-state index contributed by atoms with van der Waals surface area (Å²) in [6.45, 7) is 4.84. The van der Waals surface area contributed by atoms with Crippen LogP contribution >= 0.6 is 0 Å². The van der Waals surface area contributed by atoms with Gasteiger partial charge in [0.1, 0.15) is 5.82 Å². The lowest BCUT2D eigenvalue weighted by atomic mass is 10.1. The molecule has 0 aliphatic heterocycles. The summed E-state index contributed by atoms with van der Waals surface area (Å²) in [5, 5.41) is 3.14. The van der Waals surface area contributed by atoms with E-state index in [1.165, 1.54) is 16.7 Å². The molecule has 1 heterocycles. The normalized spacial score (nSPS) is 12.1. The van der Waals surface area contributed by atoms with Crippen LogP contribution in [0.4, 0.5) is 0 Å². The number of fused-ring (bicyclic) bond motifs is 1. The average Bonchev–Trinajstić information content (AvgIpc) is 3.12. The number of hydrogen-bond donors (Lipinski definition) is 1. The van der Waals surface area contributed by atoms with Gasteiger partial charge in [-0.1, -0.05) is 72.3 Å². The van der Waals surface area contributed by atoms with Crippen molar-refractivity contribution in [1.29, 1.82) is 0 Å². The maximum atomic E-state index is 12.6. The fraction of sp³-hybridized carbons (Fsp3) is 0.231. The minimum Gasteiger partial charge on any atom is -0.346 e. The summed E-state index contributed by atoms with van der Waals surface area (Å²) < 4.78 is 2.21. The first-order chi connectivity index (χ1) is 14.6. The largest absolute Gasteiger partial charge is 0.346 e. The molecule has 4 nitrogen and oxygen atoms in total. The van der Waals surface area contributed by atoms with Crippen LogP contribution in [0.5, 0.6) is 0 Å². The van der Waals surface area contributed by atoms with Crippen LogP contribution in [-0.4, -0.2) is 15.5 Å². The Kier molecular flexibility index (Phi) is 5.94. The number of rotatable bonds is 7. The van der Waals surface area contributed by atoms with Gasteiger partial charge >= 0.3 is 0 Å². The quantitative estimate of drug-likeness (QED) is 0.466. The van der Waals surface area contributed by atoms with E-state index in [4.69, 9.17) is 4.98 Å². The molecule has 4 heteroatoms. The molecule has 1 N–H and O–H groups in total. The molecule has 1 atom stereocenters. The lowest BCUT2D eigenvalue weighted by Crippen LogP contribution is -2.29. The highest BCUT2D eigenvalue weighted by molar-refractivity contribution is 5.78. The van der Waals surface area contributed by atoms with Crippen LogP contribution in [0, 0.1) is 6.92 Å². The van der Waals surface area contributed by atoms with Crippen LogP contribution in [0.25, 0.3) is 11.0 Å². The molecule has 4 rings (SSSR count). The molecule has 1 aromatic heterocycles. The Morgan fingerprint density at radius 3 is 2.50 bits per heavy atom. The van der Waals surface area contributed by atoms with E-state index < -0.39 is 0 Å². The first-order valence-corrected chi connectivity index (χ1v) is 10.4. The maximum absolute atomic E-state index is 12.6. The summed E-state index contributed by atoms with van der Waals surface area (Å²) in [5.41, 5.74) is 5.67. The van der Waals surface area contributed by atoms with Crippen molar-refractivity contribution in [3.8, 4) is 0 Å². The van der Waals surface area contributed by atoms with Crippen molar-refractivity contribution in [3.05, 3.63) is 101 Å². The zero-order valence-corrected chi connectivity index (χ0v) is 17.5. The highest BCUT2D eigenvalue weighted by atomic mass is 16.1. The second kappa shape index (κ2) is 8.95. The third-order valence-corrected chi connectivity index (χ3v) is 5.36. The SMILES string of the molecule is Cc1cccc(Cn2c(C(C)NC(=O)CCc3ccccc3)nc3ccccc32)c1. The number of benzene rings is 3. The molecule has 0 saturated heterocycles. The molecule has 0 spiro atoms. The number of amides is 1. The number of nitrogens with one attached hydrogen (secondary N) is 1. The van der Waals surface area contributed by atoms with Gasteiger partial charge in [-0.15, -0.1) is 0 Å². The van der Waals surface area contributed by atoms with Gasteiger partial charge in [-0.25, -0.2) is 4.98 Å². The van der Waals surface area contributed by atoms with E-state index in [9.17, 15) is 4.79 Å². The minimum atomic E-state index is -0.175. The van der Waals surface area contributed by atoms with E-state index in [-0.39, 0.29) is 11.9 Å². The van der Waals surface area contributed by atoms with Gasteiger partial charge in [-0.2, -0.15) is 0 Å². The third-order valence-electron chi connectivity index (χ3n) is 5.36. The van der Waals surface area contributed by atoms with Crippen molar-refractivity contribution >= 4 is 16.9 Å². The molecule has 152 valence electrons. The first kappa shape index (κ1) is 19.9.